The molecule has 1 aromatic heterocycles. The molecule has 0 bridgehead atoms. The van der Waals surface area contributed by atoms with Crippen molar-refractivity contribution < 1.29 is 30.0 Å². The minimum absolute atomic E-state index is 0. The second-order valence-electron chi connectivity index (χ2n) is 14.9. The van der Waals surface area contributed by atoms with Crippen LogP contribution in [-0.2, 0) is 35.7 Å². The quantitative estimate of drug-likeness (QED) is 0.0820. The smallest absolute Gasteiger partial charge is 0.192 e. The fraction of sp³-hybridized carbons (Fsp3) is 0.174. The van der Waals surface area contributed by atoms with Crippen molar-refractivity contribution in [1.82, 2.24) is 4.98 Å². The Hall–Kier alpha value is -4.83. The number of hydrogen-bond acceptors (Lipinski definition) is 3. The molecular formula is C46H39BIrNO2-. The third-order valence-electron chi connectivity index (χ3n) is 10.8. The van der Waals surface area contributed by atoms with Gasteiger partial charge in [0.1, 0.15) is 0 Å². The summed E-state index contributed by atoms with van der Waals surface area (Å²) in [5, 5.41) is 14.7. The molecule has 0 unspecified atom stereocenters. The molecule has 253 valence electrons. The van der Waals surface area contributed by atoms with Gasteiger partial charge in [-0.2, -0.15) is 0 Å². The van der Waals surface area contributed by atoms with Crippen molar-refractivity contribution in [3.05, 3.63) is 155 Å². The van der Waals surface area contributed by atoms with Gasteiger partial charge in [0, 0.05) is 26.2 Å². The van der Waals surface area contributed by atoms with Crippen LogP contribution in [0.15, 0.2) is 127 Å². The van der Waals surface area contributed by atoms with Gasteiger partial charge in [0.15, 0.2) is 12.5 Å². The van der Waals surface area contributed by atoms with E-state index < -0.39 is 0 Å². The minimum Gasteiger partial charge on any atom is -0.512 e. The van der Waals surface area contributed by atoms with E-state index >= 15 is 0 Å². The van der Waals surface area contributed by atoms with Crippen molar-refractivity contribution in [3.63, 3.8) is 0 Å². The summed E-state index contributed by atoms with van der Waals surface area (Å²) in [4.78, 5) is 15.2. The van der Waals surface area contributed by atoms with Crippen LogP contribution in [0.5, 0.6) is 0 Å². The van der Waals surface area contributed by atoms with Crippen LogP contribution in [0.25, 0.3) is 43.7 Å². The van der Waals surface area contributed by atoms with Crippen LogP contribution in [0.4, 0.5) is 0 Å². The summed E-state index contributed by atoms with van der Waals surface area (Å²) in [6.07, 6.45) is 1.17. The van der Waals surface area contributed by atoms with Crippen LogP contribution >= 0.6 is 0 Å². The van der Waals surface area contributed by atoms with Crippen molar-refractivity contribution in [2.24, 2.45) is 0 Å². The van der Waals surface area contributed by atoms with Crippen molar-refractivity contribution in [3.8, 4) is 11.3 Å². The van der Waals surface area contributed by atoms with E-state index in [4.69, 9.17) is 10.1 Å². The molecule has 0 atom stereocenters. The molecule has 1 N–H and O–H groups in total. The molecular weight excluding hydrogens is 802 g/mol. The molecule has 1 radical (unpaired) electrons. The zero-order chi connectivity index (χ0) is 34.9. The Balaban J connectivity index is 0.000000464. The molecule has 0 aliphatic carbocycles. The number of aliphatic hydroxyl groups excluding tert-OH is 1. The molecule has 9 rings (SSSR count). The van der Waals surface area contributed by atoms with Gasteiger partial charge in [0.05, 0.1) is 11.3 Å². The first-order valence-corrected chi connectivity index (χ1v) is 17.3. The minimum atomic E-state index is -0.225. The topological polar surface area (TPSA) is 50.2 Å². The van der Waals surface area contributed by atoms with E-state index in [2.05, 4.69) is 149 Å². The number of para-hydroxylation sites is 1. The molecule has 51 heavy (non-hydrogen) atoms. The number of benzene rings is 6. The Kier molecular flexibility index (Phi) is 8.65. The van der Waals surface area contributed by atoms with Gasteiger partial charge >= 0.3 is 0 Å². The number of carbonyl (C=O) groups excluding carboxylic acids is 1. The fourth-order valence-corrected chi connectivity index (χ4v) is 8.39. The van der Waals surface area contributed by atoms with Crippen LogP contribution in [0.1, 0.15) is 63.8 Å². The summed E-state index contributed by atoms with van der Waals surface area (Å²) < 4.78 is 0. The Labute approximate surface area is 313 Å². The first-order valence-electron chi connectivity index (χ1n) is 17.3. The molecule has 3 heterocycles. The molecule has 0 spiro atoms. The van der Waals surface area contributed by atoms with Crippen molar-refractivity contribution >= 4 is 61.3 Å². The number of nitrogens with zero attached hydrogens (tertiary/aromatic N) is 1. The SMILES string of the molecule is CC(=O)/C=C(/C)O.CC1(C)c2[c-]c(-c3ccc4ccccc4n3)cc3c2B(c2cc4ccccc4cc21)c1cc2ccccc2cc1C3(C)C.[Ir]. The number of allylic oxidation sites excluding steroid dienone is 2. The fourth-order valence-electron chi connectivity index (χ4n) is 8.39. The first-order chi connectivity index (χ1) is 23.9. The largest absolute Gasteiger partial charge is 0.512 e. The molecule has 5 heteroatoms. The summed E-state index contributed by atoms with van der Waals surface area (Å²) in [7, 11) is 0. The van der Waals surface area contributed by atoms with Crippen LogP contribution in [0.2, 0.25) is 0 Å². The van der Waals surface area contributed by atoms with E-state index in [1.54, 1.807) is 0 Å². The maximum atomic E-state index is 10.0. The molecule has 0 saturated heterocycles. The average molecular weight is 841 g/mol. The number of ketones is 1. The summed E-state index contributed by atoms with van der Waals surface area (Å²) >= 11 is 0. The van der Waals surface area contributed by atoms with Crippen molar-refractivity contribution in [2.75, 3.05) is 0 Å². The monoisotopic (exact) mass is 841 g/mol. The van der Waals surface area contributed by atoms with Crippen LogP contribution in [-0.4, -0.2) is 22.6 Å². The zero-order valence-electron chi connectivity index (χ0n) is 29.8. The average Bonchev–Trinajstić information content (AvgIpc) is 3.09. The van der Waals surface area contributed by atoms with Gasteiger partial charge in [0.2, 0.25) is 0 Å². The van der Waals surface area contributed by atoms with Gasteiger partial charge in [-0.15, -0.1) is 34.3 Å². The Morgan fingerprint density at radius 3 is 1.71 bits per heavy atom. The van der Waals surface area contributed by atoms with Gasteiger partial charge in [-0.3, -0.25) is 9.78 Å². The molecule has 0 saturated carbocycles. The molecule has 3 nitrogen and oxygen atoms in total. The van der Waals surface area contributed by atoms with E-state index in [9.17, 15) is 4.79 Å². The third-order valence-corrected chi connectivity index (χ3v) is 10.8. The Morgan fingerprint density at radius 2 is 1.18 bits per heavy atom. The predicted octanol–water partition coefficient (Wildman–Crippen LogP) is 8.84. The first kappa shape index (κ1) is 34.6. The van der Waals surface area contributed by atoms with Gasteiger partial charge in [-0.25, -0.2) is 0 Å². The van der Waals surface area contributed by atoms with Crippen molar-refractivity contribution in [1.29, 1.82) is 0 Å². The van der Waals surface area contributed by atoms with E-state index in [1.807, 2.05) is 0 Å². The molecule has 2 aliphatic rings. The third kappa shape index (κ3) is 5.73. The molecule has 2 aliphatic heterocycles. The Morgan fingerprint density at radius 1 is 0.667 bits per heavy atom. The number of aromatic nitrogens is 1. The molecule has 0 amide bonds. The van der Waals surface area contributed by atoms with E-state index in [-0.39, 0.29) is 49.2 Å². The number of aliphatic hydroxyl groups is 1. The maximum absolute atomic E-state index is 10.0. The van der Waals surface area contributed by atoms with Crippen LogP contribution in [0.3, 0.4) is 0 Å². The second kappa shape index (κ2) is 12.7. The summed E-state index contributed by atoms with van der Waals surface area (Å²) in [6.45, 7) is 12.6. The molecule has 0 fully saturated rings. The number of rotatable bonds is 2. The maximum Gasteiger partial charge on any atom is 0.192 e. The summed E-state index contributed by atoms with van der Waals surface area (Å²) in [5.41, 5.74) is 12.5. The number of pyridine rings is 1. The number of carbonyl (C=O) groups is 1. The van der Waals surface area contributed by atoms with E-state index in [1.165, 1.54) is 80.1 Å². The Bertz CT molecular complexity index is 2440. The van der Waals surface area contributed by atoms with Gasteiger partial charge in [-0.05, 0) is 74.5 Å². The number of fused-ring (bicyclic) bond motifs is 7. The van der Waals surface area contributed by atoms with Crippen LogP contribution in [0, 0.1) is 6.07 Å². The van der Waals surface area contributed by atoms with Gasteiger partial charge in [0.25, 0.3) is 0 Å². The summed E-state index contributed by atoms with van der Waals surface area (Å²) in [6, 6.07) is 46.6. The predicted molar refractivity (Wildman–Crippen MR) is 210 cm³/mol. The normalized spacial score (nSPS) is 14.9. The standard InChI is InChI=1S/C41H31BN.C5H8O2.Ir/c1-40(2)31-19-26-12-5-7-14-28(26)23-35(31)42-36-24-29-15-8-6-13-27(29)20-32(36)41(3,4)34-22-30(21-33(40)39(34)42)38-18-17-25-11-9-10-16-37(25)43-38;1-4(6)3-5(2)7;/h5-21,23-24H,1-4H3;3,6H,1-2H3;/q-1;;/b;4-3-;. The van der Waals surface area contributed by atoms with E-state index in [0.717, 1.165) is 22.2 Å². The van der Waals surface area contributed by atoms with Gasteiger partial charge < -0.3 is 5.11 Å². The second-order valence-corrected chi connectivity index (χ2v) is 14.9. The zero-order valence-corrected chi connectivity index (χ0v) is 32.2. The summed E-state index contributed by atoms with van der Waals surface area (Å²) in [5.74, 6) is -0.0625. The van der Waals surface area contributed by atoms with Crippen molar-refractivity contribution in [2.45, 2.75) is 52.4 Å². The molecule has 7 aromatic rings. The molecule has 6 aromatic carbocycles. The van der Waals surface area contributed by atoms with Gasteiger partial charge in [-0.1, -0.05) is 142 Å². The number of hydrogen-bond donors (Lipinski definition) is 1. The van der Waals surface area contributed by atoms with Crippen LogP contribution < -0.4 is 16.4 Å². The van der Waals surface area contributed by atoms with E-state index in [0.29, 0.717) is 0 Å².